The fourth-order valence-corrected chi connectivity index (χ4v) is 2.94. The Balaban J connectivity index is 1.89. The molecule has 0 unspecified atom stereocenters. The van der Waals surface area contributed by atoms with Gasteiger partial charge in [-0.15, -0.1) is 0 Å². The third-order valence-electron chi connectivity index (χ3n) is 3.41. The average Bonchev–Trinajstić information content (AvgIpc) is 2.66. The van der Waals surface area contributed by atoms with Gasteiger partial charge in [0.15, 0.2) is 0 Å². The van der Waals surface area contributed by atoms with Crippen LogP contribution in [0, 0.1) is 0 Å². The van der Waals surface area contributed by atoms with Gasteiger partial charge in [0.25, 0.3) is 0 Å². The largest absolute Gasteiger partial charge is 0.365 e. The van der Waals surface area contributed by atoms with Crippen molar-refractivity contribution in [2.24, 2.45) is 5.73 Å². The molecule has 2 N–H and O–H groups in total. The van der Waals surface area contributed by atoms with Crippen LogP contribution in [-0.4, -0.2) is 6.54 Å². The first-order chi connectivity index (χ1) is 9.13. The van der Waals surface area contributed by atoms with Crippen LogP contribution in [0.25, 0.3) is 0 Å². The predicted molar refractivity (Wildman–Crippen MR) is 80.9 cm³/mol. The molecule has 19 heavy (non-hydrogen) atoms. The Labute approximate surface area is 122 Å². The summed E-state index contributed by atoms with van der Waals surface area (Å²) in [6.45, 7) is 1.62. The van der Waals surface area contributed by atoms with Gasteiger partial charge in [-0.3, -0.25) is 0 Å². The molecular formula is C15H14Cl2N2. The molecule has 4 heteroatoms. The van der Waals surface area contributed by atoms with Crippen LogP contribution in [0.5, 0.6) is 0 Å². The second kappa shape index (κ2) is 5.04. The second-order valence-electron chi connectivity index (χ2n) is 4.82. The van der Waals surface area contributed by atoms with Crippen LogP contribution < -0.4 is 10.6 Å². The summed E-state index contributed by atoms with van der Waals surface area (Å²) in [6.07, 6.45) is 0. The maximum atomic E-state index is 6.16. The topological polar surface area (TPSA) is 29.3 Å². The van der Waals surface area contributed by atoms with E-state index >= 15 is 0 Å². The molecule has 1 atom stereocenters. The Bertz CT molecular complexity index is 613. The molecule has 2 aromatic carbocycles. The smallest absolute Gasteiger partial charge is 0.0494 e. The van der Waals surface area contributed by atoms with E-state index < -0.39 is 0 Å². The Kier molecular flexibility index (Phi) is 3.40. The highest BCUT2D eigenvalue weighted by molar-refractivity contribution is 6.31. The molecule has 0 spiro atoms. The first kappa shape index (κ1) is 12.8. The van der Waals surface area contributed by atoms with E-state index in [1.165, 1.54) is 5.56 Å². The Morgan fingerprint density at radius 1 is 1.11 bits per heavy atom. The Hall–Kier alpha value is -1.22. The minimum atomic E-state index is 0.0212. The van der Waals surface area contributed by atoms with Crippen molar-refractivity contribution in [1.29, 1.82) is 0 Å². The van der Waals surface area contributed by atoms with Crippen molar-refractivity contribution in [2.45, 2.75) is 12.6 Å². The molecule has 0 saturated carbocycles. The van der Waals surface area contributed by atoms with Crippen LogP contribution >= 0.6 is 23.2 Å². The van der Waals surface area contributed by atoms with E-state index in [0.717, 1.165) is 34.4 Å². The molecule has 1 aliphatic rings. The molecule has 0 aromatic heterocycles. The first-order valence-corrected chi connectivity index (χ1v) is 6.93. The maximum Gasteiger partial charge on any atom is 0.0494 e. The van der Waals surface area contributed by atoms with Crippen molar-refractivity contribution in [3.63, 3.8) is 0 Å². The van der Waals surface area contributed by atoms with Gasteiger partial charge in [-0.25, -0.2) is 0 Å². The molecule has 1 aliphatic heterocycles. The summed E-state index contributed by atoms with van der Waals surface area (Å²) < 4.78 is 0. The third kappa shape index (κ3) is 2.57. The maximum absolute atomic E-state index is 6.16. The summed E-state index contributed by atoms with van der Waals surface area (Å²) in [6, 6.07) is 13.8. The molecule has 0 aliphatic carbocycles. The van der Waals surface area contributed by atoms with E-state index in [2.05, 4.69) is 11.0 Å². The van der Waals surface area contributed by atoms with Gasteiger partial charge < -0.3 is 10.6 Å². The van der Waals surface area contributed by atoms with Crippen LogP contribution in [0.15, 0.2) is 42.5 Å². The number of benzene rings is 2. The molecule has 0 fully saturated rings. The molecule has 1 heterocycles. The van der Waals surface area contributed by atoms with Gasteiger partial charge in [-0.05, 0) is 41.5 Å². The highest BCUT2D eigenvalue weighted by Crippen LogP contribution is 2.36. The minimum absolute atomic E-state index is 0.0212. The van der Waals surface area contributed by atoms with E-state index in [9.17, 15) is 0 Å². The molecule has 0 bridgehead atoms. The van der Waals surface area contributed by atoms with Gasteiger partial charge in [0.1, 0.15) is 0 Å². The van der Waals surface area contributed by atoms with Gasteiger partial charge in [0.2, 0.25) is 0 Å². The zero-order chi connectivity index (χ0) is 13.4. The number of hydrogen-bond acceptors (Lipinski definition) is 2. The molecule has 0 amide bonds. The number of rotatable bonds is 2. The molecule has 0 saturated heterocycles. The average molecular weight is 293 g/mol. The molecular weight excluding hydrogens is 279 g/mol. The summed E-state index contributed by atoms with van der Waals surface area (Å²) in [5, 5.41) is 1.50. The lowest BCUT2D eigenvalue weighted by Gasteiger charge is -2.19. The van der Waals surface area contributed by atoms with Gasteiger partial charge in [-0.1, -0.05) is 35.3 Å². The van der Waals surface area contributed by atoms with Crippen molar-refractivity contribution in [3.8, 4) is 0 Å². The number of anilines is 1. The third-order valence-corrected chi connectivity index (χ3v) is 3.88. The first-order valence-electron chi connectivity index (χ1n) is 6.18. The predicted octanol–water partition coefficient (Wildman–Crippen LogP) is 4.01. The number of fused-ring (bicyclic) bond motifs is 1. The summed E-state index contributed by atoms with van der Waals surface area (Å²) in [5.74, 6) is 0. The highest BCUT2D eigenvalue weighted by Gasteiger charge is 2.25. The van der Waals surface area contributed by atoms with Gasteiger partial charge in [0, 0.05) is 34.9 Å². The zero-order valence-corrected chi connectivity index (χ0v) is 11.8. The minimum Gasteiger partial charge on any atom is -0.365 e. The standard InChI is InChI=1S/C15H14Cl2N2/c16-11-3-1-2-10(6-11)8-19-9-14(18)13-7-12(17)4-5-15(13)19/h1-7,14H,8-9,18H2/t14-/m1/s1. The lowest BCUT2D eigenvalue weighted by Crippen LogP contribution is -2.23. The highest BCUT2D eigenvalue weighted by atomic mass is 35.5. The molecule has 0 radical (unpaired) electrons. The normalized spacial score (nSPS) is 17.6. The van der Waals surface area contributed by atoms with Crippen LogP contribution in [0.4, 0.5) is 5.69 Å². The second-order valence-corrected chi connectivity index (χ2v) is 5.69. The fraction of sp³-hybridized carbons (Fsp3) is 0.200. The summed E-state index contributed by atoms with van der Waals surface area (Å²) in [5.41, 5.74) is 9.63. The zero-order valence-electron chi connectivity index (χ0n) is 10.3. The number of nitrogens with zero attached hydrogens (tertiary/aromatic N) is 1. The fourth-order valence-electron chi connectivity index (χ4n) is 2.55. The van der Waals surface area contributed by atoms with Crippen LogP contribution in [0.1, 0.15) is 17.2 Å². The molecule has 2 nitrogen and oxygen atoms in total. The summed E-state index contributed by atoms with van der Waals surface area (Å²) >= 11 is 12.0. The molecule has 2 aromatic rings. The van der Waals surface area contributed by atoms with E-state index in [1.54, 1.807) is 0 Å². The van der Waals surface area contributed by atoms with Crippen LogP contribution in [0.3, 0.4) is 0 Å². The Morgan fingerprint density at radius 2 is 1.89 bits per heavy atom. The van der Waals surface area contributed by atoms with Gasteiger partial charge >= 0.3 is 0 Å². The van der Waals surface area contributed by atoms with Crippen LogP contribution in [0.2, 0.25) is 10.0 Å². The van der Waals surface area contributed by atoms with E-state index in [4.69, 9.17) is 28.9 Å². The number of hydrogen-bond donors (Lipinski definition) is 1. The van der Waals surface area contributed by atoms with Crippen molar-refractivity contribution >= 4 is 28.9 Å². The molecule has 3 rings (SSSR count). The van der Waals surface area contributed by atoms with Gasteiger partial charge in [0.05, 0.1) is 0 Å². The Morgan fingerprint density at radius 3 is 2.68 bits per heavy atom. The van der Waals surface area contributed by atoms with E-state index in [-0.39, 0.29) is 6.04 Å². The van der Waals surface area contributed by atoms with E-state index in [1.807, 2.05) is 36.4 Å². The van der Waals surface area contributed by atoms with Crippen molar-refractivity contribution in [3.05, 3.63) is 63.6 Å². The van der Waals surface area contributed by atoms with Gasteiger partial charge in [-0.2, -0.15) is 0 Å². The number of nitrogens with two attached hydrogens (primary N) is 1. The summed E-state index contributed by atoms with van der Waals surface area (Å²) in [7, 11) is 0. The lowest BCUT2D eigenvalue weighted by atomic mass is 10.1. The molecule has 98 valence electrons. The monoisotopic (exact) mass is 292 g/mol. The van der Waals surface area contributed by atoms with Crippen molar-refractivity contribution in [2.75, 3.05) is 11.4 Å². The van der Waals surface area contributed by atoms with Crippen molar-refractivity contribution in [1.82, 2.24) is 0 Å². The number of halogens is 2. The summed E-state index contributed by atoms with van der Waals surface area (Å²) in [4.78, 5) is 2.27. The SMILES string of the molecule is N[C@@H]1CN(Cc2cccc(Cl)c2)c2ccc(Cl)cc21. The van der Waals surface area contributed by atoms with Crippen LogP contribution in [-0.2, 0) is 6.54 Å². The lowest BCUT2D eigenvalue weighted by molar-refractivity contribution is 0.720. The van der Waals surface area contributed by atoms with Crippen molar-refractivity contribution < 1.29 is 0 Å². The van der Waals surface area contributed by atoms with E-state index in [0.29, 0.717) is 0 Å². The quantitative estimate of drug-likeness (QED) is 0.906.